The minimum absolute atomic E-state index is 0.0337. The molecule has 0 aromatic heterocycles. The molecule has 0 aliphatic carbocycles. The Morgan fingerprint density at radius 2 is 1.68 bits per heavy atom. The average molecular weight is 550 g/mol. The lowest BCUT2D eigenvalue weighted by atomic mass is 9.97. The van der Waals surface area contributed by atoms with Crippen molar-refractivity contribution in [2.75, 3.05) is 32.7 Å². The molecule has 3 aliphatic rings. The van der Waals surface area contributed by atoms with Gasteiger partial charge in [0, 0.05) is 32.7 Å². The van der Waals surface area contributed by atoms with Gasteiger partial charge in [0.1, 0.15) is 6.04 Å². The van der Waals surface area contributed by atoms with Gasteiger partial charge in [-0.1, -0.05) is 0 Å². The monoisotopic (exact) mass is 549 g/mol. The Morgan fingerprint density at radius 3 is 2.35 bits per heavy atom. The Labute approximate surface area is 210 Å². The van der Waals surface area contributed by atoms with Gasteiger partial charge in [0.2, 0.25) is 11.8 Å². The topological polar surface area (TPSA) is 114 Å². The molecule has 1 aromatic carbocycles. The third kappa shape index (κ3) is 5.14. The molecule has 3 saturated heterocycles. The molecule has 0 radical (unpaired) electrons. The maximum absolute atomic E-state index is 14.6. The molecule has 3 aliphatic heterocycles. The first-order chi connectivity index (χ1) is 17.4. The van der Waals surface area contributed by atoms with Crippen LogP contribution in [-0.4, -0.2) is 72.5 Å². The largest absolute Gasteiger partial charge is 0.355 e. The second kappa shape index (κ2) is 10.1. The maximum Gasteiger partial charge on any atom is 0.355 e. The minimum Gasteiger partial charge on any atom is -0.330 e. The Morgan fingerprint density at radius 1 is 1.00 bits per heavy atom. The molecule has 0 saturated carbocycles. The summed E-state index contributed by atoms with van der Waals surface area (Å²) < 4.78 is 97.7. The summed E-state index contributed by atoms with van der Waals surface area (Å²) in [5, 5.41) is 10.2. The number of amides is 2. The number of rotatable bonds is 6. The van der Waals surface area contributed by atoms with Crippen molar-refractivity contribution in [3.8, 4) is 6.07 Å². The van der Waals surface area contributed by atoms with E-state index in [4.69, 9.17) is 5.26 Å². The van der Waals surface area contributed by atoms with Crippen LogP contribution in [0.2, 0.25) is 0 Å². The molecular formula is C22H24F5N5O4S. The number of nitrogens with zero attached hydrogens (tertiary/aromatic N) is 4. The van der Waals surface area contributed by atoms with Gasteiger partial charge in [0.25, 0.3) is 10.2 Å². The fourth-order valence-corrected chi connectivity index (χ4v) is 6.63. The summed E-state index contributed by atoms with van der Waals surface area (Å²) in [6.45, 7) is 0.219. The van der Waals surface area contributed by atoms with Crippen LogP contribution in [0, 0.1) is 40.6 Å². The van der Waals surface area contributed by atoms with Crippen LogP contribution in [-0.2, 0) is 25.8 Å². The molecule has 1 N–H and O–H groups in total. The highest BCUT2D eigenvalue weighted by molar-refractivity contribution is 7.86. The van der Waals surface area contributed by atoms with Gasteiger partial charge < -0.3 is 4.90 Å². The van der Waals surface area contributed by atoms with Crippen LogP contribution < -0.4 is 5.32 Å². The van der Waals surface area contributed by atoms with Crippen molar-refractivity contribution in [3.63, 3.8) is 0 Å². The highest BCUT2D eigenvalue weighted by Crippen LogP contribution is 2.32. The van der Waals surface area contributed by atoms with Gasteiger partial charge in [-0.2, -0.15) is 31.1 Å². The fourth-order valence-electron chi connectivity index (χ4n) is 4.84. The van der Waals surface area contributed by atoms with Gasteiger partial charge in [-0.15, -0.1) is 0 Å². The normalized spacial score (nSPS) is 23.9. The number of nitriles is 1. The number of carbonyl (C=O) groups excluding carboxylic acids is 2. The smallest absolute Gasteiger partial charge is 0.330 e. The first kappa shape index (κ1) is 27.2. The van der Waals surface area contributed by atoms with Crippen molar-refractivity contribution in [3.05, 3.63) is 35.1 Å². The number of nitrogens with one attached hydrogen (secondary N) is 1. The summed E-state index contributed by atoms with van der Waals surface area (Å²) in [5.41, 5.74) is -1.56. The van der Waals surface area contributed by atoms with E-state index in [0.717, 1.165) is 13.5 Å². The van der Waals surface area contributed by atoms with Crippen LogP contribution in [0.15, 0.2) is 12.1 Å². The minimum atomic E-state index is -4.39. The summed E-state index contributed by atoms with van der Waals surface area (Å²) in [6, 6.07) is -3.10. The second-order valence-electron chi connectivity index (χ2n) is 9.32. The predicted molar refractivity (Wildman–Crippen MR) is 117 cm³/mol. The molecular weight excluding hydrogens is 525 g/mol. The maximum atomic E-state index is 14.6. The summed E-state index contributed by atoms with van der Waals surface area (Å²) in [4.78, 5) is 27.0. The lowest BCUT2D eigenvalue weighted by molar-refractivity contribution is -0.147. The van der Waals surface area contributed by atoms with Gasteiger partial charge in [-0.25, -0.2) is 13.2 Å². The molecule has 9 nitrogen and oxygen atoms in total. The molecule has 2 atom stereocenters. The van der Waals surface area contributed by atoms with Gasteiger partial charge in [0.05, 0.1) is 23.5 Å². The molecule has 0 spiro atoms. The van der Waals surface area contributed by atoms with Crippen LogP contribution in [0.4, 0.5) is 22.0 Å². The predicted octanol–water partition coefficient (Wildman–Crippen LogP) is 1.67. The van der Waals surface area contributed by atoms with E-state index in [1.165, 1.54) is 5.32 Å². The summed E-state index contributed by atoms with van der Waals surface area (Å²) in [5.74, 6) is -8.99. The van der Waals surface area contributed by atoms with E-state index < -0.39 is 63.0 Å². The molecule has 0 bridgehead atoms. The van der Waals surface area contributed by atoms with Crippen LogP contribution in [0.3, 0.4) is 0 Å². The number of hydrogen-bond donors (Lipinski definition) is 1. The lowest BCUT2D eigenvalue weighted by Crippen LogP contribution is -2.58. The molecule has 4 rings (SSSR count). The summed E-state index contributed by atoms with van der Waals surface area (Å²) in [7, 11) is -3.88. The van der Waals surface area contributed by atoms with Crippen LogP contribution in [0.25, 0.3) is 0 Å². The molecule has 3 fully saturated rings. The van der Waals surface area contributed by atoms with E-state index in [-0.39, 0.29) is 45.1 Å². The van der Waals surface area contributed by atoms with Gasteiger partial charge in [-0.05, 0) is 37.8 Å². The van der Waals surface area contributed by atoms with Gasteiger partial charge in [0.15, 0.2) is 17.5 Å². The van der Waals surface area contributed by atoms with Gasteiger partial charge >= 0.3 is 6.05 Å². The zero-order valence-corrected chi connectivity index (χ0v) is 20.3. The van der Waals surface area contributed by atoms with Crippen molar-refractivity contribution in [2.24, 2.45) is 11.8 Å². The van der Waals surface area contributed by atoms with Crippen LogP contribution in [0.5, 0.6) is 0 Å². The number of hydrogen-bond acceptors (Lipinski definition) is 5. The fraction of sp³-hybridized carbons (Fsp3) is 0.591. The summed E-state index contributed by atoms with van der Waals surface area (Å²) >= 11 is 0. The van der Waals surface area contributed by atoms with Crippen molar-refractivity contribution < 1.29 is 40.0 Å². The lowest BCUT2D eigenvalue weighted by Gasteiger charge is -2.41. The quantitative estimate of drug-likeness (QED) is 0.330. The van der Waals surface area contributed by atoms with Crippen molar-refractivity contribution in [2.45, 2.75) is 37.8 Å². The highest BCUT2D eigenvalue weighted by atomic mass is 32.2. The van der Waals surface area contributed by atoms with Crippen LogP contribution >= 0.6 is 0 Å². The third-order valence-corrected chi connectivity index (χ3v) is 8.84. The Kier molecular flexibility index (Phi) is 7.46. The molecule has 202 valence electrons. The van der Waals surface area contributed by atoms with E-state index in [0.29, 0.717) is 31.4 Å². The Balaban J connectivity index is 1.43. The van der Waals surface area contributed by atoms with E-state index >= 15 is 0 Å². The van der Waals surface area contributed by atoms with Crippen molar-refractivity contribution in [1.29, 1.82) is 5.26 Å². The molecule has 37 heavy (non-hydrogen) atoms. The first-order valence-corrected chi connectivity index (χ1v) is 13.1. The number of alkyl halides is 2. The first-order valence-electron chi connectivity index (χ1n) is 11.7. The number of benzene rings is 1. The van der Waals surface area contributed by atoms with E-state index in [9.17, 15) is 40.0 Å². The highest BCUT2D eigenvalue weighted by Gasteiger charge is 2.46. The number of carbonyl (C=O) groups is 2. The van der Waals surface area contributed by atoms with E-state index in [1.807, 2.05) is 6.07 Å². The molecule has 2 amide bonds. The standard InChI is InChI=1S/C22H24F5N5O4S/c23-16-6-5-15(18(24)19(16)25)22(26,27)29-20(33)17-4-2-8-32(17)21(34)14-3-1-7-30(12-14)37(35,36)31-10-13(9-28)11-31/h5-6,13-14,17H,1-4,7-8,10-12H2,(H,29,33)/t14-,17+/m0/s1. The molecule has 0 unspecified atom stereocenters. The number of likely N-dealkylation sites (tertiary alicyclic amines) is 1. The van der Waals surface area contributed by atoms with Crippen molar-refractivity contribution >= 4 is 22.0 Å². The second-order valence-corrected chi connectivity index (χ2v) is 11.3. The van der Waals surface area contributed by atoms with Crippen LogP contribution in [0.1, 0.15) is 31.2 Å². The average Bonchev–Trinajstić information content (AvgIpc) is 3.31. The molecule has 15 heteroatoms. The van der Waals surface area contributed by atoms with E-state index in [2.05, 4.69) is 0 Å². The zero-order valence-electron chi connectivity index (χ0n) is 19.5. The SMILES string of the molecule is N#CC1CN(S(=O)(=O)N2CCC[C@H](C(=O)N3CCC[C@@H]3C(=O)NC(F)(F)c3ccc(F)c(F)c3F)C2)C1. The Hall–Kier alpha value is -2.83. The molecule has 3 heterocycles. The zero-order chi connectivity index (χ0) is 27.1. The van der Waals surface area contributed by atoms with Gasteiger partial charge in [-0.3, -0.25) is 14.9 Å². The van der Waals surface area contributed by atoms with E-state index in [1.54, 1.807) is 0 Å². The Bertz CT molecular complexity index is 1230. The number of piperidine rings is 1. The summed E-state index contributed by atoms with van der Waals surface area (Å²) in [6.07, 6.45) is 1.04. The number of halogens is 5. The third-order valence-electron chi connectivity index (χ3n) is 6.91. The molecule has 1 aromatic rings. The van der Waals surface area contributed by atoms with Crippen molar-refractivity contribution in [1.82, 2.24) is 18.8 Å².